The molecule has 2 aliphatic heterocycles. The summed E-state index contributed by atoms with van der Waals surface area (Å²) < 4.78 is 1.00. The van der Waals surface area contributed by atoms with Gasteiger partial charge in [-0.25, -0.2) is 0 Å². The average Bonchev–Trinajstić information content (AvgIpc) is 3.19. The molecule has 2 amide bonds. The van der Waals surface area contributed by atoms with Crippen molar-refractivity contribution in [2.24, 2.45) is 5.92 Å². The van der Waals surface area contributed by atoms with Crippen molar-refractivity contribution in [1.29, 1.82) is 0 Å². The molecule has 3 aromatic rings. The molecule has 0 bridgehead atoms. The second-order valence-electron chi connectivity index (χ2n) is 10.4. The van der Waals surface area contributed by atoms with Gasteiger partial charge in [0, 0.05) is 52.8 Å². The van der Waals surface area contributed by atoms with Crippen LogP contribution in [0.1, 0.15) is 47.3 Å². The largest absolute Gasteiger partial charge is 0.351 e. The molecule has 1 aromatic heterocycles. The molecule has 2 saturated heterocycles. The second kappa shape index (κ2) is 9.23. The molecule has 1 aliphatic carbocycles. The van der Waals surface area contributed by atoms with Crippen LogP contribution in [-0.2, 0) is 10.2 Å². The fraction of sp³-hybridized carbons (Fsp3) is 0.429. The van der Waals surface area contributed by atoms with Crippen molar-refractivity contribution in [3.63, 3.8) is 0 Å². The molecule has 7 heteroatoms. The maximum Gasteiger partial charge on any atom is 0.261 e. The van der Waals surface area contributed by atoms with Gasteiger partial charge in [-0.05, 0) is 80.1 Å². The molecular weight excluding hydrogens is 478 g/mol. The van der Waals surface area contributed by atoms with E-state index in [1.54, 1.807) is 0 Å². The zero-order valence-electron chi connectivity index (χ0n) is 19.8. The van der Waals surface area contributed by atoms with Gasteiger partial charge in [0.15, 0.2) is 0 Å². The highest BCUT2D eigenvalue weighted by Gasteiger charge is 2.45. The lowest BCUT2D eigenvalue weighted by Gasteiger charge is -2.24. The highest BCUT2D eigenvalue weighted by atomic mass is 35.5. The smallest absolute Gasteiger partial charge is 0.261 e. The number of nitrogens with zero attached hydrogens (tertiary/aromatic N) is 2. The van der Waals surface area contributed by atoms with Gasteiger partial charge < -0.3 is 15.1 Å². The number of hydrogen-bond acceptors (Lipinski definition) is 4. The van der Waals surface area contributed by atoms with Crippen LogP contribution in [0.2, 0.25) is 5.02 Å². The quantitative estimate of drug-likeness (QED) is 0.461. The summed E-state index contributed by atoms with van der Waals surface area (Å²) in [5, 5.41) is 4.72. The first-order valence-corrected chi connectivity index (χ1v) is 13.8. The van der Waals surface area contributed by atoms with E-state index in [-0.39, 0.29) is 17.7 Å². The Labute approximate surface area is 215 Å². The monoisotopic (exact) mass is 507 g/mol. The lowest BCUT2D eigenvalue weighted by atomic mass is 9.95. The molecule has 3 fully saturated rings. The normalized spacial score (nSPS) is 21.7. The van der Waals surface area contributed by atoms with Crippen LogP contribution in [0, 0.1) is 5.92 Å². The van der Waals surface area contributed by atoms with E-state index in [1.165, 1.54) is 62.2 Å². The number of thiophene rings is 1. The summed E-state index contributed by atoms with van der Waals surface area (Å²) in [5.41, 5.74) is 2.70. The number of fused-ring (bicyclic) bond motifs is 1. The average molecular weight is 508 g/mol. The number of anilines is 1. The Kier molecular flexibility index (Phi) is 6.07. The van der Waals surface area contributed by atoms with Crippen LogP contribution in [0.3, 0.4) is 0 Å². The third-order valence-corrected chi connectivity index (χ3v) is 9.16. The van der Waals surface area contributed by atoms with Crippen molar-refractivity contribution < 1.29 is 9.59 Å². The number of benzene rings is 2. The van der Waals surface area contributed by atoms with E-state index in [4.69, 9.17) is 11.6 Å². The van der Waals surface area contributed by atoms with Gasteiger partial charge in [-0.2, -0.15) is 0 Å². The first-order chi connectivity index (χ1) is 17.0. The number of rotatable bonds is 7. The summed E-state index contributed by atoms with van der Waals surface area (Å²) in [6.45, 7) is 4.77. The van der Waals surface area contributed by atoms with Crippen molar-refractivity contribution in [1.82, 2.24) is 10.2 Å². The van der Waals surface area contributed by atoms with Gasteiger partial charge in [-0.3, -0.25) is 9.59 Å². The van der Waals surface area contributed by atoms with E-state index < -0.39 is 0 Å². The van der Waals surface area contributed by atoms with Crippen molar-refractivity contribution in [2.75, 3.05) is 37.6 Å². The van der Waals surface area contributed by atoms with E-state index in [9.17, 15) is 9.59 Å². The van der Waals surface area contributed by atoms with Gasteiger partial charge in [0.1, 0.15) is 0 Å². The Morgan fingerprint density at radius 1 is 1.09 bits per heavy atom. The molecule has 1 unspecified atom stereocenters. The first kappa shape index (κ1) is 23.0. The van der Waals surface area contributed by atoms with Crippen LogP contribution in [-0.4, -0.2) is 49.4 Å². The van der Waals surface area contributed by atoms with E-state index in [1.807, 2.05) is 29.2 Å². The molecule has 0 radical (unpaired) electrons. The topological polar surface area (TPSA) is 52.7 Å². The molecule has 2 aromatic carbocycles. The predicted molar refractivity (Wildman–Crippen MR) is 143 cm³/mol. The molecule has 6 rings (SSSR count). The van der Waals surface area contributed by atoms with Crippen molar-refractivity contribution >= 4 is 50.5 Å². The van der Waals surface area contributed by atoms with Crippen LogP contribution in [0.4, 0.5) is 5.69 Å². The fourth-order valence-electron chi connectivity index (χ4n) is 5.66. The van der Waals surface area contributed by atoms with Gasteiger partial charge in [0.05, 0.1) is 4.88 Å². The van der Waals surface area contributed by atoms with Crippen molar-refractivity contribution in [3.8, 4) is 0 Å². The number of halogens is 1. The third-order valence-electron chi connectivity index (χ3n) is 7.83. The minimum Gasteiger partial charge on any atom is -0.351 e. The summed E-state index contributed by atoms with van der Waals surface area (Å²) in [7, 11) is 0. The Balaban J connectivity index is 1.06. The molecule has 1 atom stereocenters. The van der Waals surface area contributed by atoms with Gasteiger partial charge in [0.2, 0.25) is 5.91 Å². The molecular formula is C28H30ClN3O2S. The Hall–Kier alpha value is -2.41. The Bertz CT molecular complexity index is 1260. The van der Waals surface area contributed by atoms with E-state index in [0.717, 1.165) is 15.8 Å². The summed E-state index contributed by atoms with van der Waals surface area (Å²) in [4.78, 5) is 30.6. The molecule has 182 valence electrons. The minimum absolute atomic E-state index is 0.0923. The third kappa shape index (κ3) is 4.72. The fourth-order valence-corrected chi connectivity index (χ4v) is 6.92. The predicted octanol–water partition coefficient (Wildman–Crippen LogP) is 5.47. The van der Waals surface area contributed by atoms with Crippen LogP contribution < -0.4 is 10.2 Å². The molecule has 1 N–H and O–H groups in total. The summed E-state index contributed by atoms with van der Waals surface area (Å²) in [6, 6.07) is 16.2. The van der Waals surface area contributed by atoms with Gasteiger partial charge in [-0.15, -0.1) is 11.3 Å². The lowest BCUT2D eigenvalue weighted by Crippen LogP contribution is -2.31. The van der Waals surface area contributed by atoms with Crippen LogP contribution in [0.25, 0.3) is 10.1 Å². The van der Waals surface area contributed by atoms with Crippen LogP contribution >= 0.6 is 22.9 Å². The number of carbonyl (C=O) groups is 2. The molecule has 3 heterocycles. The zero-order valence-corrected chi connectivity index (χ0v) is 21.3. The van der Waals surface area contributed by atoms with Crippen LogP contribution in [0.15, 0.2) is 48.5 Å². The zero-order chi connectivity index (χ0) is 24.0. The second-order valence-corrected chi connectivity index (χ2v) is 11.9. The number of likely N-dealkylation sites (tertiary alicyclic amines) is 1. The number of carbonyl (C=O) groups excluding carboxylic acids is 2. The summed E-state index contributed by atoms with van der Waals surface area (Å²) in [5.74, 6) is 0.150. The highest BCUT2D eigenvalue weighted by Crippen LogP contribution is 2.49. The molecule has 0 spiro atoms. The minimum atomic E-state index is -0.0923. The first-order valence-electron chi connectivity index (χ1n) is 12.6. The number of amides is 2. The Morgan fingerprint density at radius 3 is 2.60 bits per heavy atom. The Morgan fingerprint density at radius 2 is 1.86 bits per heavy atom. The molecule has 5 nitrogen and oxygen atoms in total. The van der Waals surface area contributed by atoms with Gasteiger partial charge >= 0.3 is 0 Å². The van der Waals surface area contributed by atoms with E-state index >= 15 is 0 Å². The van der Waals surface area contributed by atoms with E-state index in [0.29, 0.717) is 34.8 Å². The molecule has 3 aliphatic rings. The van der Waals surface area contributed by atoms with Gasteiger partial charge in [0.25, 0.3) is 5.91 Å². The number of nitrogens with one attached hydrogen (secondary N) is 1. The maximum absolute atomic E-state index is 12.8. The maximum atomic E-state index is 12.8. The number of hydrogen-bond donors (Lipinski definition) is 1. The highest BCUT2D eigenvalue weighted by molar-refractivity contribution is 7.20. The van der Waals surface area contributed by atoms with Crippen molar-refractivity contribution in [2.45, 2.75) is 37.5 Å². The molecule has 1 saturated carbocycles. The van der Waals surface area contributed by atoms with E-state index in [2.05, 4.69) is 34.5 Å². The lowest BCUT2D eigenvalue weighted by molar-refractivity contribution is -0.117. The van der Waals surface area contributed by atoms with Crippen molar-refractivity contribution in [3.05, 3.63) is 64.0 Å². The standard InChI is InChI=1S/C28H30ClN3O2S/c29-22-6-3-20-14-25(35-24(20)15-22)27(34)30-16-19-13-26(33)32(17-19)23-7-4-21(5-8-23)28(9-10-28)18-31-11-1-2-12-31/h3-8,14-15,19H,1-2,9-13,16-18H2,(H,30,34). The molecule has 35 heavy (non-hydrogen) atoms. The summed E-state index contributed by atoms with van der Waals surface area (Å²) in [6.07, 6.45) is 5.64. The van der Waals surface area contributed by atoms with Crippen LogP contribution in [0.5, 0.6) is 0 Å². The SMILES string of the molecule is O=C(NCC1CC(=O)N(c2ccc(C3(CN4CCCC4)CC3)cc2)C1)c1cc2ccc(Cl)cc2s1. The van der Waals surface area contributed by atoms with Gasteiger partial charge in [-0.1, -0.05) is 29.8 Å². The summed E-state index contributed by atoms with van der Waals surface area (Å²) >= 11 is 7.51.